The van der Waals surface area contributed by atoms with E-state index in [0.29, 0.717) is 13.1 Å². The van der Waals surface area contributed by atoms with Crippen LogP contribution in [0.4, 0.5) is 17.3 Å². The van der Waals surface area contributed by atoms with E-state index in [1.807, 2.05) is 66.4 Å². The Balaban J connectivity index is 1.38. The number of carbonyl (C=O) groups excluding carboxylic acids is 1. The van der Waals surface area contributed by atoms with Gasteiger partial charge in [-0.2, -0.15) is 0 Å². The van der Waals surface area contributed by atoms with Crippen molar-refractivity contribution >= 4 is 29.3 Å². The molecule has 6 nitrogen and oxygen atoms in total. The highest BCUT2D eigenvalue weighted by Gasteiger charge is 2.21. The van der Waals surface area contributed by atoms with Crippen molar-refractivity contribution in [1.29, 1.82) is 0 Å². The zero-order valence-corrected chi connectivity index (χ0v) is 18.0. The molecule has 1 N–H and O–H groups in total. The SMILES string of the molecule is Cc1ccc(Nc2cc(N3CCN(C(=O)/C=C/c4ccccc4)CC3)nc(C)n2)cc1. The number of amides is 1. The summed E-state index contributed by atoms with van der Waals surface area (Å²) >= 11 is 0. The van der Waals surface area contributed by atoms with E-state index in [1.54, 1.807) is 6.08 Å². The zero-order chi connectivity index (χ0) is 21.6. The molecule has 0 radical (unpaired) electrons. The van der Waals surface area contributed by atoms with Gasteiger partial charge in [-0.15, -0.1) is 0 Å². The Hall–Kier alpha value is -3.67. The number of benzene rings is 2. The molecule has 1 aliphatic heterocycles. The van der Waals surface area contributed by atoms with Crippen LogP contribution in [-0.4, -0.2) is 47.0 Å². The third-order valence-corrected chi connectivity index (χ3v) is 5.28. The number of anilines is 3. The Morgan fingerprint density at radius 3 is 2.35 bits per heavy atom. The molecule has 2 aromatic carbocycles. The van der Waals surface area contributed by atoms with Crippen LogP contribution < -0.4 is 10.2 Å². The van der Waals surface area contributed by atoms with Gasteiger partial charge in [-0.1, -0.05) is 48.0 Å². The number of rotatable bonds is 5. The summed E-state index contributed by atoms with van der Waals surface area (Å²) in [5.74, 6) is 2.42. The largest absolute Gasteiger partial charge is 0.353 e. The molecule has 31 heavy (non-hydrogen) atoms. The average molecular weight is 414 g/mol. The lowest BCUT2D eigenvalue weighted by atomic mass is 10.2. The van der Waals surface area contributed by atoms with E-state index in [4.69, 9.17) is 0 Å². The molecule has 158 valence electrons. The van der Waals surface area contributed by atoms with Crippen molar-refractivity contribution in [3.63, 3.8) is 0 Å². The highest BCUT2D eigenvalue weighted by atomic mass is 16.2. The summed E-state index contributed by atoms with van der Waals surface area (Å²) < 4.78 is 0. The minimum atomic E-state index is 0.0455. The van der Waals surface area contributed by atoms with E-state index in [0.717, 1.165) is 41.8 Å². The standard InChI is InChI=1S/C25H27N5O/c1-19-8-11-22(12-9-19)28-23-18-24(27-20(2)26-23)29-14-16-30(17-15-29)25(31)13-10-21-6-4-3-5-7-21/h3-13,18H,14-17H2,1-2H3,(H,26,27,28)/b13-10+. The van der Waals surface area contributed by atoms with Crippen LogP contribution in [0.5, 0.6) is 0 Å². The molecule has 4 rings (SSSR count). The van der Waals surface area contributed by atoms with Crippen molar-refractivity contribution in [3.05, 3.63) is 83.7 Å². The maximum atomic E-state index is 12.5. The minimum Gasteiger partial charge on any atom is -0.353 e. The molecule has 0 saturated carbocycles. The molecule has 0 spiro atoms. The molecule has 0 atom stereocenters. The molecule has 6 heteroatoms. The van der Waals surface area contributed by atoms with Gasteiger partial charge >= 0.3 is 0 Å². The summed E-state index contributed by atoms with van der Waals surface area (Å²) in [5.41, 5.74) is 3.24. The van der Waals surface area contributed by atoms with E-state index in [-0.39, 0.29) is 5.91 Å². The average Bonchev–Trinajstić information content (AvgIpc) is 2.79. The third kappa shape index (κ3) is 5.48. The lowest BCUT2D eigenvalue weighted by molar-refractivity contribution is -0.126. The van der Waals surface area contributed by atoms with Gasteiger partial charge in [0.1, 0.15) is 17.5 Å². The third-order valence-electron chi connectivity index (χ3n) is 5.28. The first-order valence-electron chi connectivity index (χ1n) is 10.5. The smallest absolute Gasteiger partial charge is 0.246 e. The fraction of sp³-hybridized carbons (Fsp3) is 0.240. The first-order valence-corrected chi connectivity index (χ1v) is 10.5. The van der Waals surface area contributed by atoms with Gasteiger partial charge in [0.05, 0.1) is 0 Å². The van der Waals surface area contributed by atoms with Gasteiger partial charge in [0, 0.05) is 44.0 Å². The van der Waals surface area contributed by atoms with Crippen molar-refractivity contribution in [2.24, 2.45) is 0 Å². The second-order valence-electron chi connectivity index (χ2n) is 7.71. The Kier molecular flexibility index (Phi) is 6.26. The number of nitrogens with one attached hydrogen (secondary N) is 1. The number of hydrogen-bond acceptors (Lipinski definition) is 5. The van der Waals surface area contributed by atoms with Gasteiger partial charge in [0.25, 0.3) is 0 Å². The number of hydrogen-bond donors (Lipinski definition) is 1. The van der Waals surface area contributed by atoms with E-state index >= 15 is 0 Å². The predicted octanol–water partition coefficient (Wildman–Crippen LogP) is 4.20. The molecule has 3 aromatic rings. The maximum absolute atomic E-state index is 12.5. The number of piperazine rings is 1. The summed E-state index contributed by atoms with van der Waals surface area (Å²) in [4.78, 5) is 25.8. The van der Waals surface area contributed by atoms with Crippen LogP contribution in [0.1, 0.15) is 17.0 Å². The van der Waals surface area contributed by atoms with Crippen LogP contribution in [0.15, 0.2) is 66.7 Å². The molecule has 0 unspecified atom stereocenters. The van der Waals surface area contributed by atoms with Crippen molar-refractivity contribution in [3.8, 4) is 0 Å². The van der Waals surface area contributed by atoms with Crippen LogP contribution in [-0.2, 0) is 4.79 Å². The zero-order valence-electron chi connectivity index (χ0n) is 18.0. The first-order chi connectivity index (χ1) is 15.1. The Morgan fingerprint density at radius 2 is 1.65 bits per heavy atom. The Morgan fingerprint density at radius 1 is 0.935 bits per heavy atom. The summed E-state index contributed by atoms with van der Waals surface area (Å²) in [6, 6.07) is 20.1. The first kappa shape index (κ1) is 20.6. The number of aromatic nitrogens is 2. The van der Waals surface area contributed by atoms with E-state index < -0.39 is 0 Å². The molecule has 1 fully saturated rings. The van der Waals surface area contributed by atoms with E-state index in [1.165, 1.54) is 5.56 Å². The summed E-state index contributed by atoms with van der Waals surface area (Å²) in [5, 5.41) is 3.36. The van der Waals surface area contributed by atoms with Crippen LogP contribution in [0, 0.1) is 13.8 Å². The summed E-state index contributed by atoms with van der Waals surface area (Å²) in [6.45, 7) is 6.79. The second-order valence-corrected chi connectivity index (χ2v) is 7.71. The van der Waals surface area contributed by atoms with Gasteiger partial charge in [-0.25, -0.2) is 9.97 Å². The molecule has 0 bridgehead atoms. The van der Waals surface area contributed by atoms with Crippen molar-refractivity contribution in [2.45, 2.75) is 13.8 Å². The monoisotopic (exact) mass is 413 g/mol. The van der Waals surface area contributed by atoms with Crippen LogP contribution in [0.25, 0.3) is 6.08 Å². The van der Waals surface area contributed by atoms with Crippen LogP contribution in [0.3, 0.4) is 0 Å². The number of carbonyl (C=O) groups is 1. The van der Waals surface area contributed by atoms with Crippen LogP contribution >= 0.6 is 0 Å². The fourth-order valence-corrected chi connectivity index (χ4v) is 3.56. The number of aryl methyl sites for hydroxylation is 2. The summed E-state index contributed by atoms with van der Waals surface area (Å²) in [6.07, 6.45) is 3.52. The lowest BCUT2D eigenvalue weighted by Gasteiger charge is -2.35. The molecule has 1 aromatic heterocycles. The predicted molar refractivity (Wildman–Crippen MR) is 125 cm³/mol. The molecule has 2 heterocycles. The fourth-order valence-electron chi connectivity index (χ4n) is 3.56. The van der Waals surface area contributed by atoms with Gasteiger partial charge in [0.2, 0.25) is 5.91 Å². The Labute approximate surface area is 183 Å². The summed E-state index contributed by atoms with van der Waals surface area (Å²) in [7, 11) is 0. The molecular formula is C25H27N5O. The topological polar surface area (TPSA) is 61.4 Å². The highest BCUT2D eigenvalue weighted by molar-refractivity contribution is 5.92. The Bertz CT molecular complexity index is 1060. The van der Waals surface area contributed by atoms with Gasteiger partial charge < -0.3 is 15.1 Å². The maximum Gasteiger partial charge on any atom is 0.246 e. The normalized spacial score (nSPS) is 14.1. The van der Waals surface area contributed by atoms with Crippen LogP contribution in [0.2, 0.25) is 0 Å². The number of nitrogens with zero attached hydrogens (tertiary/aromatic N) is 4. The quantitative estimate of drug-likeness (QED) is 0.635. The molecular weight excluding hydrogens is 386 g/mol. The van der Waals surface area contributed by atoms with Gasteiger partial charge in [0.15, 0.2) is 0 Å². The molecule has 1 amide bonds. The molecule has 0 aliphatic carbocycles. The van der Waals surface area contributed by atoms with Gasteiger partial charge in [-0.3, -0.25) is 4.79 Å². The minimum absolute atomic E-state index is 0.0455. The van der Waals surface area contributed by atoms with Crippen molar-refractivity contribution in [2.75, 3.05) is 36.4 Å². The van der Waals surface area contributed by atoms with E-state index in [2.05, 4.69) is 39.2 Å². The lowest BCUT2D eigenvalue weighted by Crippen LogP contribution is -2.48. The van der Waals surface area contributed by atoms with Crippen molar-refractivity contribution in [1.82, 2.24) is 14.9 Å². The van der Waals surface area contributed by atoms with E-state index in [9.17, 15) is 4.79 Å². The van der Waals surface area contributed by atoms with Crippen molar-refractivity contribution < 1.29 is 4.79 Å². The highest BCUT2D eigenvalue weighted by Crippen LogP contribution is 2.21. The second kappa shape index (κ2) is 9.43. The molecule has 1 saturated heterocycles. The molecule has 1 aliphatic rings. The van der Waals surface area contributed by atoms with Gasteiger partial charge in [-0.05, 0) is 37.6 Å².